The summed E-state index contributed by atoms with van der Waals surface area (Å²) in [5.74, 6) is 0. The molecule has 0 bridgehead atoms. The first-order valence-electron chi connectivity index (χ1n) is 7.62. The Morgan fingerprint density at radius 2 is 1.62 bits per heavy atom. The lowest BCUT2D eigenvalue weighted by molar-refractivity contribution is -0.0689. The monoisotopic (exact) mass is 379 g/mol. The number of aromatic nitrogens is 1. The number of hydrogen-bond donors (Lipinski definition) is 0. The molecule has 0 amide bonds. The van der Waals surface area contributed by atoms with Gasteiger partial charge in [-0.1, -0.05) is 39.0 Å². The van der Waals surface area contributed by atoms with Crippen molar-refractivity contribution in [1.82, 2.24) is 4.98 Å². The third kappa shape index (κ3) is 4.83. The van der Waals surface area contributed by atoms with Gasteiger partial charge in [-0.25, -0.2) is 4.98 Å². The maximum atomic E-state index is 12.9. The van der Waals surface area contributed by atoms with Crippen LogP contribution >= 0.6 is 11.6 Å². The molecule has 24 heavy (non-hydrogen) atoms. The van der Waals surface area contributed by atoms with Gasteiger partial charge in [0, 0.05) is 0 Å². The predicted molar refractivity (Wildman–Crippen MR) is 95.6 cm³/mol. The van der Waals surface area contributed by atoms with Crippen LogP contribution in [0.15, 0.2) is 18.7 Å². The SMILES string of the molecule is C=C(c1cc(C(C)(C)O[Si](C)(C)C(C)(C)C)cc(Cl)n1)C(F)(F)F. The summed E-state index contributed by atoms with van der Waals surface area (Å²) in [7, 11) is -2.13. The molecule has 0 saturated carbocycles. The first kappa shape index (κ1) is 21.2. The molecule has 0 radical (unpaired) electrons. The smallest absolute Gasteiger partial charge is 0.408 e. The highest BCUT2D eigenvalue weighted by Crippen LogP contribution is 2.42. The zero-order valence-corrected chi connectivity index (χ0v) is 17.0. The molecular formula is C17H25ClF3NOSi. The van der Waals surface area contributed by atoms with Crippen molar-refractivity contribution in [1.29, 1.82) is 0 Å². The molecule has 0 saturated heterocycles. The molecule has 0 atom stereocenters. The minimum absolute atomic E-state index is 0.0141. The molecular weight excluding hydrogens is 355 g/mol. The van der Waals surface area contributed by atoms with Gasteiger partial charge in [0.1, 0.15) is 5.15 Å². The van der Waals surface area contributed by atoms with Gasteiger partial charge in [-0.3, -0.25) is 0 Å². The van der Waals surface area contributed by atoms with E-state index in [4.69, 9.17) is 16.0 Å². The van der Waals surface area contributed by atoms with Crippen LogP contribution < -0.4 is 0 Å². The standard InChI is InChI=1S/C17H25ClF3NOSi/c1-11(17(19,20)21)13-9-12(10-14(18)22-13)16(5,6)23-24(7,8)15(2,3)4/h9-10H,1H2,2-8H3. The van der Waals surface area contributed by atoms with E-state index in [-0.39, 0.29) is 15.9 Å². The lowest BCUT2D eigenvalue weighted by atomic mass is 9.97. The molecule has 2 nitrogen and oxygen atoms in total. The van der Waals surface area contributed by atoms with Gasteiger partial charge in [0.05, 0.1) is 16.9 Å². The van der Waals surface area contributed by atoms with Crippen LogP contribution in [-0.4, -0.2) is 19.5 Å². The lowest BCUT2D eigenvalue weighted by Crippen LogP contribution is -2.46. The molecule has 0 fully saturated rings. The quantitative estimate of drug-likeness (QED) is 0.436. The van der Waals surface area contributed by atoms with Crippen LogP contribution in [0.3, 0.4) is 0 Å². The third-order valence-corrected chi connectivity index (χ3v) is 9.28. The number of halogens is 4. The molecule has 7 heteroatoms. The van der Waals surface area contributed by atoms with Crippen LogP contribution in [0, 0.1) is 0 Å². The number of hydrogen-bond acceptors (Lipinski definition) is 2. The molecule has 1 aromatic heterocycles. The fraction of sp³-hybridized carbons (Fsp3) is 0.588. The van der Waals surface area contributed by atoms with Crippen molar-refractivity contribution in [3.8, 4) is 0 Å². The summed E-state index contributed by atoms with van der Waals surface area (Å²) in [6.45, 7) is 17.3. The fourth-order valence-electron chi connectivity index (χ4n) is 1.99. The molecule has 0 aliphatic rings. The molecule has 0 aliphatic carbocycles. The first-order valence-corrected chi connectivity index (χ1v) is 10.9. The average molecular weight is 380 g/mol. The molecule has 0 N–H and O–H groups in total. The van der Waals surface area contributed by atoms with Crippen molar-refractivity contribution in [2.75, 3.05) is 0 Å². The van der Waals surface area contributed by atoms with Gasteiger partial charge in [0.25, 0.3) is 0 Å². The van der Waals surface area contributed by atoms with Crippen LogP contribution in [0.25, 0.3) is 5.57 Å². The van der Waals surface area contributed by atoms with Crippen molar-refractivity contribution in [2.45, 2.75) is 64.5 Å². The Bertz CT molecular complexity index is 634. The fourth-order valence-corrected chi connectivity index (χ4v) is 3.90. The number of allylic oxidation sites excluding steroid dienone is 1. The van der Waals surface area contributed by atoms with E-state index in [0.717, 1.165) is 0 Å². The summed E-state index contributed by atoms with van der Waals surface area (Å²) < 4.78 is 45.1. The van der Waals surface area contributed by atoms with Crippen LogP contribution in [0.4, 0.5) is 13.2 Å². The predicted octanol–water partition coefficient (Wildman–Crippen LogP) is 6.57. The topological polar surface area (TPSA) is 22.1 Å². The molecule has 136 valence electrons. The molecule has 0 spiro atoms. The Morgan fingerprint density at radius 3 is 2.04 bits per heavy atom. The van der Waals surface area contributed by atoms with E-state index >= 15 is 0 Å². The van der Waals surface area contributed by atoms with E-state index in [2.05, 4.69) is 45.4 Å². The van der Waals surface area contributed by atoms with Crippen LogP contribution in [0.2, 0.25) is 23.3 Å². The van der Waals surface area contributed by atoms with Gasteiger partial charge >= 0.3 is 6.18 Å². The van der Waals surface area contributed by atoms with Crippen molar-refractivity contribution in [3.63, 3.8) is 0 Å². The van der Waals surface area contributed by atoms with Gasteiger partial charge in [0.2, 0.25) is 0 Å². The molecule has 1 rings (SSSR count). The van der Waals surface area contributed by atoms with Gasteiger partial charge < -0.3 is 4.43 Å². The summed E-state index contributed by atoms with van der Waals surface area (Å²) >= 11 is 5.95. The minimum atomic E-state index is -4.56. The van der Waals surface area contributed by atoms with Crippen molar-refractivity contribution < 1.29 is 17.6 Å². The second-order valence-corrected chi connectivity index (χ2v) is 13.0. The van der Waals surface area contributed by atoms with Crippen molar-refractivity contribution in [3.05, 3.63) is 35.1 Å². The Labute approximate surface area is 148 Å². The molecule has 0 aliphatic heterocycles. The number of rotatable bonds is 4. The zero-order chi connectivity index (χ0) is 19.1. The lowest BCUT2D eigenvalue weighted by Gasteiger charge is -2.43. The van der Waals surface area contributed by atoms with Gasteiger partial charge in [-0.05, 0) is 49.7 Å². The maximum absolute atomic E-state index is 12.9. The normalized spacial score (nSPS) is 14.0. The third-order valence-electron chi connectivity index (χ3n) is 4.46. The Balaban J connectivity index is 3.31. The Morgan fingerprint density at radius 1 is 1.12 bits per heavy atom. The summed E-state index contributed by atoms with van der Waals surface area (Å²) in [4.78, 5) is 3.76. The van der Waals surface area contributed by atoms with Crippen molar-refractivity contribution in [2.24, 2.45) is 0 Å². The summed E-state index contributed by atoms with van der Waals surface area (Å²) in [5.41, 5.74) is -1.55. The van der Waals surface area contributed by atoms with E-state index < -0.39 is 25.7 Å². The summed E-state index contributed by atoms with van der Waals surface area (Å²) in [6.07, 6.45) is -4.56. The summed E-state index contributed by atoms with van der Waals surface area (Å²) in [5, 5.41) is -0.0423. The molecule has 0 unspecified atom stereocenters. The average Bonchev–Trinajstić information content (AvgIpc) is 2.33. The highest BCUT2D eigenvalue weighted by atomic mass is 35.5. The minimum Gasteiger partial charge on any atom is -0.408 e. The molecule has 0 aromatic carbocycles. The highest BCUT2D eigenvalue weighted by Gasteiger charge is 2.42. The summed E-state index contributed by atoms with van der Waals surface area (Å²) in [6, 6.07) is 2.90. The van der Waals surface area contributed by atoms with Gasteiger partial charge in [-0.15, -0.1) is 0 Å². The second kappa shape index (κ2) is 6.46. The van der Waals surface area contributed by atoms with Crippen LogP contribution in [-0.2, 0) is 10.0 Å². The van der Waals surface area contributed by atoms with Gasteiger partial charge in [0.15, 0.2) is 8.32 Å². The highest BCUT2D eigenvalue weighted by molar-refractivity contribution is 6.74. The van der Waals surface area contributed by atoms with Crippen LogP contribution in [0.5, 0.6) is 0 Å². The second-order valence-electron chi connectivity index (χ2n) is 7.91. The van der Waals surface area contributed by atoms with E-state index in [1.807, 2.05) is 13.8 Å². The zero-order valence-electron chi connectivity index (χ0n) is 15.2. The first-order chi connectivity index (χ1) is 10.5. The van der Waals surface area contributed by atoms with Crippen molar-refractivity contribution >= 4 is 25.5 Å². The number of nitrogens with zero attached hydrogens (tertiary/aromatic N) is 1. The van der Waals surface area contributed by atoms with E-state index in [9.17, 15) is 13.2 Å². The Hall–Kier alpha value is -0.853. The number of alkyl halides is 3. The maximum Gasteiger partial charge on any atom is 0.417 e. The Kier molecular flexibility index (Phi) is 5.71. The van der Waals surface area contributed by atoms with E-state index in [1.165, 1.54) is 6.07 Å². The largest absolute Gasteiger partial charge is 0.417 e. The van der Waals surface area contributed by atoms with Gasteiger partial charge in [-0.2, -0.15) is 13.2 Å². The molecule has 1 heterocycles. The van der Waals surface area contributed by atoms with E-state index in [0.29, 0.717) is 5.56 Å². The number of pyridine rings is 1. The molecule has 1 aromatic rings. The van der Waals surface area contributed by atoms with E-state index in [1.54, 1.807) is 6.07 Å². The van der Waals surface area contributed by atoms with Crippen LogP contribution in [0.1, 0.15) is 45.9 Å².